The van der Waals surface area contributed by atoms with E-state index in [1.54, 1.807) is 12.1 Å². The Morgan fingerprint density at radius 2 is 1.85 bits per heavy atom. The van der Waals surface area contributed by atoms with Gasteiger partial charge in [-0.25, -0.2) is 0 Å². The minimum absolute atomic E-state index is 0. The Balaban J connectivity index is 0.00000147. The van der Waals surface area contributed by atoms with Crippen LogP contribution in [-0.4, -0.2) is 42.0 Å². The molecule has 1 aromatic carbocycles. The summed E-state index contributed by atoms with van der Waals surface area (Å²) in [6.45, 7) is 3.10. The second kappa shape index (κ2) is 6.07. The molecule has 1 fully saturated rings. The van der Waals surface area contributed by atoms with E-state index in [0.29, 0.717) is 11.1 Å². The number of nitrogens with zero attached hydrogens (tertiary/aromatic N) is 1. The van der Waals surface area contributed by atoms with Crippen molar-refractivity contribution in [3.8, 4) is 0 Å². The predicted octanol–water partition coefficient (Wildman–Crippen LogP) is 0.995. The van der Waals surface area contributed by atoms with Crippen LogP contribution in [0.25, 0.3) is 10.9 Å². The Hall–Kier alpha value is -1.85. The first-order valence-electron chi connectivity index (χ1n) is 6.38. The standard InChI is InChI=1S/C14H15N3O2.ClH/c18-13-5-4-10-11(2-1-3-12(10)16-13)14(19)17-8-6-15-7-9-17;/h1-5,15H,6-9H2,(H,16,18);1H. The lowest BCUT2D eigenvalue weighted by atomic mass is 10.1. The highest BCUT2D eigenvalue weighted by atomic mass is 35.5. The van der Waals surface area contributed by atoms with Crippen LogP contribution in [0.2, 0.25) is 0 Å². The minimum Gasteiger partial charge on any atom is -0.336 e. The summed E-state index contributed by atoms with van der Waals surface area (Å²) in [4.78, 5) is 28.4. The normalized spacial score (nSPS) is 14.9. The number of amides is 1. The first kappa shape index (κ1) is 14.6. The van der Waals surface area contributed by atoms with Gasteiger partial charge in [0.25, 0.3) is 5.91 Å². The van der Waals surface area contributed by atoms with Gasteiger partial charge < -0.3 is 15.2 Å². The molecule has 0 unspecified atom stereocenters. The zero-order chi connectivity index (χ0) is 13.2. The number of carbonyl (C=O) groups is 1. The first-order chi connectivity index (χ1) is 9.25. The smallest absolute Gasteiger partial charge is 0.254 e. The molecule has 1 aliphatic heterocycles. The average molecular weight is 294 g/mol. The monoisotopic (exact) mass is 293 g/mol. The van der Waals surface area contributed by atoms with Crippen molar-refractivity contribution in [1.29, 1.82) is 0 Å². The van der Waals surface area contributed by atoms with Crippen LogP contribution in [0.5, 0.6) is 0 Å². The molecule has 2 aromatic rings. The van der Waals surface area contributed by atoms with Crippen molar-refractivity contribution in [3.05, 3.63) is 46.2 Å². The van der Waals surface area contributed by atoms with Crippen molar-refractivity contribution in [2.75, 3.05) is 26.2 Å². The van der Waals surface area contributed by atoms with Crippen molar-refractivity contribution >= 4 is 29.2 Å². The van der Waals surface area contributed by atoms with Crippen molar-refractivity contribution in [3.63, 3.8) is 0 Å². The summed E-state index contributed by atoms with van der Waals surface area (Å²) in [5.41, 5.74) is 1.20. The van der Waals surface area contributed by atoms with Crippen LogP contribution >= 0.6 is 12.4 Å². The van der Waals surface area contributed by atoms with Gasteiger partial charge in [-0.15, -0.1) is 12.4 Å². The molecule has 1 aliphatic rings. The van der Waals surface area contributed by atoms with Crippen molar-refractivity contribution in [1.82, 2.24) is 15.2 Å². The van der Waals surface area contributed by atoms with Gasteiger partial charge in [-0.3, -0.25) is 9.59 Å². The summed E-state index contributed by atoms with van der Waals surface area (Å²) in [6.07, 6.45) is 0. The van der Waals surface area contributed by atoms with Crippen molar-refractivity contribution in [2.24, 2.45) is 0 Å². The fourth-order valence-corrected chi connectivity index (χ4v) is 2.41. The number of aromatic amines is 1. The summed E-state index contributed by atoms with van der Waals surface area (Å²) in [5.74, 6) is 0.0270. The van der Waals surface area contributed by atoms with Crippen LogP contribution in [-0.2, 0) is 0 Å². The number of aromatic nitrogens is 1. The van der Waals surface area contributed by atoms with Gasteiger partial charge in [0.05, 0.1) is 0 Å². The number of piperazine rings is 1. The molecule has 6 heteroatoms. The number of hydrogen-bond donors (Lipinski definition) is 2. The van der Waals surface area contributed by atoms with E-state index in [-0.39, 0.29) is 23.9 Å². The Morgan fingerprint density at radius 3 is 2.60 bits per heavy atom. The molecule has 2 N–H and O–H groups in total. The van der Waals surface area contributed by atoms with E-state index >= 15 is 0 Å². The van der Waals surface area contributed by atoms with Crippen LogP contribution in [0.3, 0.4) is 0 Å². The van der Waals surface area contributed by atoms with Gasteiger partial charge in [0.1, 0.15) is 0 Å². The van der Waals surface area contributed by atoms with E-state index in [1.165, 1.54) is 6.07 Å². The van der Waals surface area contributed by atoms with Crippen LogP contribution in [0.1, 0.15) is 10.4 Å². The number of nitrogens with one attached hydrogen (secondary N) is 2. The summed E-state index contributed by atoms with van der Waals surface area (Å²) < 4.78 is 0. The Kier molecular flexibility index (Phi) is 4.42. The van der Waals surface area contributed by atoms with Gasteiger partial charge >= 0.3 is 0 Å². The predicted molar refractivity (Wildman–Crippen MR) is 80.6 cm³/mol. The van der Waals surface area contributed by atoms with Crippen LogP contribution in [0.15, 0.2) is 35.1 Å². The third-order valence-electron chi connectivity index (χ3n) is 3.40. The quantitative estimate of drug-likeness (QED) is 0.824. The molecule has 0 spiro atoms. The molecule has 1 amide bonds. The van der Waals surface area contributed by atoms with Crippen LogP contribution in [0.4, 0.5) is 0 Å². The fourth-order valence-electron chi connectivity index (χ4n) is 2.41. The summed E-state index contributed by atoms with van der Waals surface area (Å²) in [6, 6.07) is 8.59. The molecule has 20 heavy (non-hydrogen) atoms. The lowest BCUT2D eigenvalue weighted by Crippen LogP contribution is -2.46. The third-order valence-corrected chi connectivity index (χ3v) is 3.40. The van der Waals surface area contributed by atoms with E-state index in [4.69, 9.17) is 0 Å². The Bertz CT molecular complexity index is 677. The van der Waals surface area contributed by atoms with Gasteiger partial charge in [-0.2, -0.15) is 0 Å². The molecule has 0 saturated carbocycles. The maximum Gasteiger partial charge on any atom is 0.254 e. The van der Waals surface area contributed by atoms with Crippen LogP contribution in [0, 0.1) is 0 Å². The van der Waals surface area contributed by atoms with Gasteiger partial charge in [-0.05, 0) is 18.2 Å². The van der Waals surface area contributed by atoms with Gasteiger partial charge in [0, 0.05) is 48.7 Å². The molecule has 3 rings (SSSR count). The van der Waals surface area contributed by atoms with Crippen molar-refractivity contribution < 1.29 is 4.79 Å². The Labute approximate surface area is 122 Å². The molecule has 1 saturated heterocycles. The number of pyridine rings is 1. The summed E-state index contributed by atoms with van der Waals surface area (Å²) in [5, 5.41) is 4.02. The number of H-pyrrole nitrogens is 1. The highest BCUT2D eigenvalue weighted by Gasteiger charge is 2.19. The van der Waals surface area contributed by atoms with E-state index in [9.17, 15) is 9.59 Å². The molecule has 0 aliphatic carbocycles. The molecule has 0 atom stereocenters. The topological polar surface area (TPSA) is 65.2 Å². The van der Waals surface area contributed by atoms with E-state index in [1.807, 2.05) is 17.0 Å². The largest absolute Gasteiger partial charge is 0.336 e. The molecule has 1 aromatic heterocycles. The molecular formula is C14H16ClN3O2. The third kappa shape index (κ3) is 2.69. The number of halogens is 1. The molecule has 2 heterocycles. The van der Waals surface area contributed by atoms with E-state index < -0.39 is 0 Å². The summed E-state index contributed by atoms with van der Waals surface area (Å²) in [7, 11) is 0. The number of benzene rings is 1. The SMILES string of the molecule is Cl.O=C(c1cccc2[nH]c(=O)ccc12)N1CCNCC1. The fraction of sp³-hybridized carbons (Fsp3) is 0.286. The lowest BCUT2D eigenvalue weighted by molar-refractivity contribution is 0.0738. The van der Waals surface area contributed by atoms with E-state index in [2.05, 4.69) is 10.3 Å². The highest BCUT2D eigenvalue weighted by molar-refractivity contribution is 6.06. The first-order valence-corrected chi connectivity index (χ1v) is 6.38. The number of hydrogen-bond acceptors (Lipinski definition) is 3. The molecule has 106 valence electrons. The number of carbonyl (C=O) groups excluding carboxylic acids is 1. The average Bonchev–Trinajstić information content (AvgIpc) is 2.46. The summed E-state index contributed by atoms with van der Waals surface area (Å²) >= 11 is 0. The van der Waals surface area contributed by atoms with Crippen molar-refractivity contribution in [2.45, 2.75) is 0 Å². The Morgan fingerprint density at radius 1 is 1.10 bits per heavy atom. The van der Waals surface area contributed by atoms with E-state index in [0.717, 1.165) is 31.6 Å². The molecule has 0 bridgehead atoms. The van der Waals surface area contributed by atoms with Gasteiger partial charge in [0.15, 0.2) is 0 Å². The maximum atomic E-state index is 12.5. The zero-order valence-electron chi connectivity index (χ0n) is 10.9. The maximum absolute atomic E-state index is 12.5. The molecular weight excluding hydrogens is 278 g/mol. The lowest BCUT2D eigenvalue weighted by Gasteiger charge is -2.27. The van der Waals surface area contributed by atoms with Crippen LogP contribution < -0.4 is 10.9 Å². The minimum atomic E-state index is -0.153. The number of rotatable bonds is 1. The highest BCUT2D eigenvalue weighted by Crippen LogP contribution is 2.17. The number of fused-ring (bicyclic) bond motifs is 1. The molecule has 5 nitrogen and oxygen atoms in total. The second-order valence-corrected chi connectivity index (χ2v) is 4.63. The second-order valence-electron chi connectivity index (χ2n) is 4.63. The van der Waals surface area contributed by atoms with Gasteiger partial charge in [0.2, 0.25) is 5.56 Å². The van der Waals surface area contributed by atoms with Gasteiger partial charge in [-0.1, -0.05) is 6.07 Å². The zero-order valence-corrected chi connectivity index (χ0v) is 11.7. The molecule has 0 radical (unpaired) electrons.